The van der Waals surface area contributed by atoms with Crippen molar-refractivity contribution in [2.75, 3.05) is 0 Å². The molecule has 0 bridgehead atoms. The lowest BCUT2D eigenvalue weighted by molar-refractivity contribution is 0.131. The van der Waals surface area contributed by atoms with E-state index in [-0.39, 0.29) is 12.4 Å². The molecule has 0 fully saturated rings. The first-order valence-corrected chi connectivity index (χ1v) is 5.54. The molecule has 1 aromatic carbocycles. The molecular formula is C13H12Cl2N2O. The molecule has 0 spiro atoms. The highest BCUT2D eigenvalue weighted by molar-refractivity contribution is 6.69. The average molecular weight is 283 g/mol. The maximum atomic E-state index is 5.96. The minimum atomic E-state index is 0. The molecule has 0 aliphatic carbocycles. The number of oxime groups is 1. The maximum Gasteiger partial charge on any atom is 0.177 e. The van der Waals surface area contributed by atoms with Gasteiger partial charge in [0.15, 0.2) is 5.17 Å². The number of hydrogen-bond donors (Lipinski definition) is 0. The van der Waals surface area contributed by atoms with Crippen molar-refractivity contribution in [2.24, 2.45) is 5.16 Å². The SMILES string of the molecule is Cl.ClC(=NOCc1ccccc1)c1cccnc1. The van der Waals surface area contributed by atoms with Gasteiger partial charge in [-0.25, -0.2) is 0 Å². The zero-order valence-electron chi connectivity index (χ0n) is 9.49. The first-order chi connectivity index (χ1) is 8.36. The van der Waals surface area contributed by atoms with Crippen molar-refractivity contribution in [1.82, 2.24) is 4.98 Å². The third-order valence-corrected chi connectivity index (χ3v) is 2.41. The third-order valence-electron chi connectivity index (χ3n) is 2.12. The molecule has 18 heavy (non-hydrogen) atoms. The van der Waals surface area contributed by atoms with E-state index in [2.05, 4.69) is 10.1 Å². The van der Waals surface area contributed by atoms with Crippen LogP contribution in [-0.4, -0.2) is 10.2 Å². The van der Waals surface area contributed by atoms with Gasteiger partial charge in [0.05, 0.1) is 0 Å². The fraction of sp³-hybridized carbons (Fsp3) is 0.0769. The van der Waals surface area contributed by atoms with Crippen LogP contribution in [0.25, 0.3) is 0 Å². The highest BCUT2D eigenvalue weighted by Gasteiger charge is 1.99. The Morgan fingerprint density at radius 2 is 1.94 bits per heavy atom. The Morgan fingerprint density at radius 1 is 1.17 bits per heavy atom. The second kappa shape index (κ2) is 7.69. The topological polar surface area (TPSA) is 34.5 Å². The molecule has 5 heteroatoms. The minimum Gasteiger partial charge on any atom is -0.390 e. The van der Waals surface area contributed by atoms with Crippen LogP contribution >= 0.6 is 24.0 Å². The second-order valence-electron chi connectivity index (χ2n) is 3.38. The number of nitrogens with zero attached hydrogens (tertiary/aromatic N) is 2. The van der Waals surface area contributed by atoms with Gasteiger partial charge in [0.1, 0.15) is 6.61 Å². The fourth-order valence-electron chi connectivity index (χ4n) is 1.28. The van der Waals surface area contributed by atoms with E-state index in [9.17, 15) is 0 Å². The van der Waals surface area contributed by atoms with Crippen molar-refractivity contribution in [1.29, 1.82) is 0 Å². The number of benzene rings is 1. The van der Waals surface area contributed by atoms with E-state index >= 15 is 0 Å². The summed E-state index contributed by atoms with van der Waals surface area (Å²) in [4.78, 5) is 9.12. The smallest absolute Gasteiger partial charge is 0.177 e. The molecular weight excluding hydrogens is 271 g/mol. The van der Waals surface area contributed by atoms with E-state index in [4.69, 9.17) is 16.4 Å². The highest BCUT2D eigenvalue weighted by Crippen LogP contribution is 2.05. The Hall–Kier alpha value is -1.58. The first-order valence-electron chi connectivity index (χ1n) is 5.16. The molecule has 0 aliphatic rings. The maximum absolute atomic E-state index is 5.96. The molecule has 2 rings (SSSR count). The summed E-state index contributed by atoms with van der Waals surface area (Å²) in [6, 6.07) is 13.4. The summed E-state index contributed by atoms with van der Waals surface area (Å²) in [5, 5.41) is 4.13. The fourth-order valence-corrected chi connectivity index (χ4v) is 1.44. The van der Waals surface area contributed by atoms with Gasteiger partial charge < -0.3 is 4.84 Å². The summed E-state index contributed by atoms with van der Waals surface area (Å²) < 4.78 is 0. The predicted molar refractivity (Wildman–Crippen MR) is 75.1 cm³/mol. The second-order valence-corrected chi connectivity index (χ2v) is 3.74. The molecule has 3 nitrogen and oxygen atoms in total. The first kappa shape index (κ1) is 14.5. The molecule has 0 aliphatic heterocycles. The lowest BCUT2D eigenvalue weighted by atomic mass is 10.2. The standard InChI is InChI=1S/C13H11ClN2O.ClH/c14-13(12-7-4-8-15-9-12)16-17-10-11-5-2-1-3-6-11;/h1-9H,10H2;1H. The van der Waals surface area contributed by atoms with Gasteiger partial charge in [0, 0.05) is 18.0 Å². The zero-order chi connectivity index (χ0) is 11.9. The van der Waals surface area contributed by atoms with Gasteiger partial charge in [-0.1, -0.05) is 47.1 Å². The summed E-state index contributed by atoms with van der Waals surface area (Å²) in [6.07, 6.45) is 3.32. The van der Waals surface area contributed by atoms with Gasteiger partial charge in [-0.3, -0.25) is 4.98 Å². The van der Waals surface area contributed by atoms with Gasteiger partial charge in [-0.2, -0.15) is 0 Å². The van der Waals surface area contributed by atoms with E-state index in [1.165, 1.54) is 0 Å². The van der Waals surface area contributed by atoms with Crippen molar-refractivity contribution < 1.29 is 4.84 Å². The van der Waals surface area contributed by atoms with Crippen LogP contribution in [-0.2, 0) is 11.4 Å². The Bertz CT molecular complexity index is 489. The van der Waals surface area contributed by atoms with Crippen LogP contribution in [0.1, 0.15) is 11.1 Å². The molecule has 0 atom stereocenters. The largest absolute Gasteiger partial charge is 0.390 e. The van der Waals surface area contributed by atoms with Crippen LogP contribution in [0.5, 0.6) is 0 Å². The van der Waals surface area contributed by atoms with Crippen molar-refractivity contribution in [2.45, 2.75) is 6.61 Å². The van der Waals surface area contributed by atoms with Crippen molar-refractivity contribution in [3.8, 4) is 0 Å². The molecule has 0 saturated carbocycles. The quantitative estimate of drug-likeness (QED) is 0.634. The Labute approximate surface area is 117 Å². The Balaban J connectivity index is 0.00000162. The van der Waals surface area contributed by atoms with Gasteiger partial charge in [-0.15, -0.1) is 12.4 Å². The molecule has 1 heterocycles. The lowest BCUT2D eigenvalue weighted by Crippen LogP contribution is -1.94. The van der Waals surface area contributed by atoms with Crippen molar-refractivity contribution >= 4 is 29.2 Å². The normalized spacial score (nSPS) is 10.6. The molecule has 0 radical (unpaired) electrons. The number of hydrogen-bond acceptors (Lipinski definition) is 3. The van der Waals surface area contributed by atoms with E-state index in [1.807, 2.05) is 36.4 Å². The van der Waals surface area contributed by atoms with Crippen LogP contribution in [0, 0.1) is 0 Å². The Kier molecular flexibility index (Phi) is 6.19. The van der Waals surface area contributed by atoms with Gasteiger partial charge >= 0.3 is 0 Å². The van der Waals surface area contributed by atoms with Gasteiger partial charge in [0.2, 0.25) is 0 Å². The lowest BCUT2D eigenvalue weighted by Gasteiger charge is -2.00. The van der Waals surface area contributed by atoms with Crippen LogP contribution in [0.4, 0.5) is 0 Å². The van der Waals surface area contributed by atoms with Crippen LogP contribution in [0.2, 0.25) is 0 Å². The molecule has 0 N–H and O–H groups in total. The van der Waals surface area contributed by atoms with Gasteiger partial charge in [0.25, 0.3) is 0 Å². The predicted octanol–water partition coefficient (Wildman–Crippen LogP) is 3.62. The van der Waals surface area contributed by atoms with E-state index < -0.39 is 0 Å². The van der Waals surface area contributed by atoms with Crippen molar-refractivity contribution in [3.63, 3.8) is 0 Å². The Morgan fingerprint density at radius 3 is 2.61 bits per heavy atom. The summed E-state index contributed by atoms with van der Waals surface area (Å²) in [6.45, 7) is 0.400. The molecule has 1 aromatic heterocycles. The number of halogens is 2. The average Bonchev–Trinajstić information content (AvgIpc) is 2.41. The van der Waals surface area contributed by atoms with E-state index in [0.717, 1.165) is 11.1 Å². The molecule has 94 valence electrons. The number of aromatic nitrogens is 1. The molecule has 0 amide bonds. The summed E-state index contributed by atoms with van der Waals surface area (Å²) in [5.41, 5.74) is 1.79. The molecule has 2 aromatic rings. The van der Waals surface area contributed by atoms with Crippen molar-refractivity contribution in [3.05, 3.63) is 66.0 Å². The van der Waals surface area contributed by atoms with Crippen LogP contribution in [0.3, 0.4) is 0 Å². The summed E-state index contributed by atoms with van der Waals surface area (Å²) >= 11 is 5.96. The van der Waals surface area contributed by atoms with E-state index in [0.29, 0.717) is 11.8 Å². The number of pyridine rings is 1. The molecule has 0 unspecified atom stereocenters. The third kappa shape index (κ3) is 4.35. The van der Waals surface area contributed by atoms with E-state index in [1.54, 1.807) is 18.5 Å². The number of rotatable bonds is 4. The zero-order valence-corrected chi connectivity index (χ0v) is 11.1. The summed E-state index contributed by atoms with van der Waals surface area (Å²) in [7, 11) is 0. The highest BCUT2D eigenvalue weighted by atomic mass is 35.5. The summed E-state index contributed by atoms with van der Waals surface area (Å²) in [5.74, 6) is 0. The van der Waals surface area contributed by atoms with Crippen LogP contribution < -0.4 is 0 Å². The monoisotopic (exact) mass is 282 g/mol. The minimum absolute atomic E-state index is 0. The van der Waals surface area contributed by atoms with Crippen LogP contribution in [0.15, 0.2) is 60.0 Å². The van der Waals surface area contributed by atoms with Gasteiger partial charge in [-0.05, 0) is 17.7 Å². The molecule has 0 saturated heterocycles.